The molecule has 0 aliphatic carbocycles. The van der Waals surface area contributed by atoms with Crippen molar-refractivity contribution >= 4 is 9.84 Å². The Morgan fingerprint density at radius 1 is 1.00 bits per heavy atom. The molecule has 2 aliphatic rings. The topological polar surface area (TPSA) is 40.6 Å². The zero-order valence-corrected chi connectivity index (χ0v) is 18.0. The summed E-state index contributed by atoms with van der Waals surface area (Å²) in [6, 6.07) is 7.70. The lowest BCUT2D eigenvalue weighted by molar-refractivity contribution is 0.130. The highest BCUT2D eigenvalue weighted by Crippen LogP contribution is 2.31. The molecule has 2 heterocycles. The lowest BCUT2D eigenvalue weighted by Gasteiger charge is -2.37. The Labute approximate surface area is 165 Å². The van der Waals surface area contributed by atoms with Crippen molar-refractivity contribution in [3.8, 4) is 0 Å². The van der Waals surface area contributed by atoms with E-state index in [0.717, 1.165) is 31.8 Å². The van der Waals surface area contributed by atoms with Crippen LogP contribution >= 0.6 is 0 Å². The predicted molar refractivity (Wildman–Crippen MR) is 112 cm³/mol. The summed E-state index contributed by atoms with van der Waals surface area (Å²) >= 11 is 0. The molecule has 3 rings (SSSR count). The normalized spacial score (nSPS) is 21.8. The summed E-state index contributed by atoms with van der Waals surface area (Å²) in [4.78, 5) is 5.68. The van der Waals surface area contributed by atoms with Gasteiger partial charge in [0.15, 0.2) is 9.84 Å². The van der Waals surface area contributed by atoms with E-state index in [0.29, 0.717) is 10.8 Å². The fourth-order valence-electron chi connectivity index (χ4n) is 4.52. The molecule has 0 N–H and O–H groups in total. The Balaban J connectivity index is 1.54. The summed E-state index contributed by atoms with van der Waals surface area (Å²) in [5.74, 6) is 1.34. The SMILES string of the molecule is CCN1CCC(CN2CCC(c3cccc(S(=O)(=O)C(C)C)c3)CC2)CC1. The number of piperidine rings is 2. The number of rotatable bonds is 6. The maximum absolute atomic E-state index is 12.5. The Morgan fingerprint density at radius 3 is 2.22 bits per heavy atom. The Hall–Kier alpha value is -0.910. The van der Waals surface area contributed by atoms with Crippen LogP contribution in [0.25, 0.3) is 0 Å². The molecule has 0 spiro atoms. The van der Waals surface area contributed by atoms with E-state index >= 15 is 0 Å². The highest BCUT2D eigenvalue weighted by atomic mass is 32.2. The molecule has 0 amide bonds. The van der Waals surface area contributed by atoms with E-state index in [4.69, 9.17) is 0 Å². The average Bonchev–Trinajstić information content (AvgIpc) is 2.69. The first-order chi connectivity index (χ1) is 12.9. The van der Waals surface area contributed by atoms with Gasteiger partial charge in [-0.1, -0.05) is 19.1 Å². The number of hydrogen-bond acceptors (Lipinski definition) is 4. The molecule has 0 bridgehead atoms. The highest BCUT2D eigenvalue weighted by molar-refractivity contribution is 7.92. The predicted octanol–water partition coefficient (Wildman–Crippen LogP) is 3.78. The molecular formula is C22H36N2O2S. The summed E-state index contributed by atoms with van der Waals surface area (Å²) < 4.78 is 24.9. The van der Waals surface area contributed by atoms with Crippen molar-refractivity contribution < 1.29 is 8.42 Å². The van der Waals surface area contributed by atoms with Crippen LogP contribution in [0.1, 0.15) is 57.9 Å². The summed E-state index contributed by atoms with van der Waals surface area (Å²) in [5, 5.41) is -0.367. The standard InChI is InChI=1S/C22H36N2O2S/c1-4-23-12-8-19(9-13-23)17-24-14-10-20(11-15-24)21-6-5-7-22(16-21)27(25,26)18(2)3/h5-7,16,18-20H,4,8-15,17H2,1-3H3. The van der Waals surface area contributed by atoms with Gasteiger partial charge in [-0.25, -0.2) is 8.42 Å². The summed E-state index contributed by atoms with van der Waals surface area (Å²) in [6.45, 7) is 13.0. The van der Waals surface area contributed by atoms with Crippen molar-refractivity contribution in [1.29, 1.82) is 0 Å². The quantitative estimate of drug-likeness (QED) is 0.739. The molecule has 152 valence electrons. The van der Waals surface area contributed by atoms with Crippen LogP contribution in [0.2, 0.25) is 0 Å². The molecule has 2 aliphatic heterocycles. The third-order valence-electron chi connectivity index (χ3n) is 6.54. The van der Waals surface area contributed by atoms with Crippen LogP contribution in [-0.4, -0.2) is 62.7 Å². The first-order valence-electron chi connectivity index (χ1n) is 10.7. The molecule has 0 radical (unpaired) electrons. The Kier molecular flexibility index (Phi) is 6.98. The summed E-state index contributed by atoms with van der Waals surface area (Å²) in [5.41, 5.74) is 1.20. The van der Waals surface area contributed by atoms with Crippen molar-refractivity contribution in [2.24, 2.45) is 5.92 Å². The highest BCUT2D eigenvalue weighted by Gasteiger charge is 2.26. The molecule has 1 aromatic carbocycles. The van der Waals surface area contributed by atoms with Crippen LogP contribution < -0.4 is 0 Å². The fourth-order valence-corrected chi connectivity index (χ4v) is 5.63. The molecule has 0 atom stereocenters. The van der Waals surface area contributed by atoms with Crippen LogP contribution in [0.15, 0.2) is 29.2 Å². The Bertz CT molecular complexity index is 701. The van der Waals surface area contributed by atoms with Gasteiger partial charge in [-0.15, -0.1) is 0 Å². The van der Waals surface area contributed by atoms with Crippen molar-refractivity contribution in [3.63, 3.8) is 0 Å². The number of hydrogen-bond donors (Lipinski definition) is 0. The van der Waals surface area contributed by atoms with E-state index in [1.54, 1.807) is 19.9 Å². The van der Waals surface area contributed by atoms with Gasteiger partial charge in [-0.3, -0.25) is 0 Å². The lowest BCUT2D eigenvalue weighted by atomic mass is 9.88. The third-order valence-corrected chi connectivity index (χ3v) is 8.69. The zero-order chi connectivity index (χ0) is 19.4. The number of sulfone groups is 1. The van der Waals surface area contributed by atoms with E-state index in [-0.39, 0.29) is 5.25 Å². The van der Waals surface area contributed by atoms with Crippen molar-refractivity contribution in [2.75, 3.05) is 39.3 Å². The van der Waals surface area contributed by atoms with Crippen molar-refractivity contribution in [3.05, 3.63) is 29.8 Å². The second-order valence-electron chi connectivity index (χ2n) is 8.62. The van der Waals surface area contributed by atoms with Crippen molar-refractivity contribution in [2.45, 2.75) is 62.5 Å². The molecule has 0 unspecified atom stereocenters. The van der Waals surface area contributed by atoms with Gasteiger partial charge in [0.2, 0.25) is 0 Å². The maximum atomic E-state index is 12.5. The molecule has 0 saturated carbocycles. The molecule has 4 nitrogen and oxygen atoms in total. The summed E-state index contributed by atoms with van der Waals surface area (Å²) in [7, 11) is -3.19. The molecule has 1 aromatic rings. The fraction of sp³-hybridized carbons (Fsp3) is 0.727. The van der Waals surface area contributed by atoms with Crippen molar-refractivity contribution in [1.82, 2.24) is 9.80 Å². The van der Waals surface area contributed by atoms with Gasteiger partial charge >= 0.3 is 0 Å². The van der Waals surface area contributed by atoms with Gasteiger partial charge in [-0.2, -0.15) is 0 Å². The average molecular weight is 393 g/mol. The third kappa shape index (κ3) is 5.12. The van der Waals surface area contributed by atoms with Crippen LogP contribution in [0, 0.1) is 5.92 Å². The van der Waals surface area contributed by atoms with Crippen LogP contribution in [-0.2, 0) is 9.84 Å². The number of nitrogens with zero attached hydrogens (tertiary/aromatic N) is 2. The zero-order valence-electron chi connectivity index (χ0n) is 17.2. The lowest BCUT2D eigenvalue weighted by Crippen LogP contribution is -2.41. The Morgan fingerprint density at radius 2 is 1.63 bits per heavy atom. The van der Waals surface area contributed by atoms with Crippen LogP contribution in [0.5, 0.6) is 0 Å². The van der Waals surface area contributed by atoms with Gasteiger partial charge in [-0.05, 0) is 102 Å². The maximum Gasteiger partial charge on any atom is 0.180 e. The van der Waals surface area contributed by atoms with Gasteiger partial charge in [0.1, 0.15) is 0 Å². The first kappa shape index (κ1) is 20.8. The minimum Gasteiger partial charge on any atom is -0.304 e. The second kappa shape index (κ2) is 9.06. The second-order valence-corrected chi connectivity index (χ2v) is 11.1. The van der Waals surface area contributed by atoms with Crippen LogP contribution in [0.3, 0.4) is 0 Å². The number of likely N-dealkylation sites (tertiary alicyclic amines) is 2. The van der Waals surface area contributed by atoms with E-state index in [9.17, 15) is 8.42 Å². The number of benzene rings is 1. The van der Waals surface area contributed by atoms with E-state index in [1.165, 1.54) is 44.6 Å². The largest absolute Gasteiger partial charge is 0.304 e. The molecule has 27 heavy (non-hydrogen) atoms. The van der Waals surface area contributed by atoms with Gasteiger partial charge in [0.05, 0.1) is 10.1 Å². The first-order valence-corrected chi connectivity index (χ1v) is 12.2. The molecule has 2 fully saturated rings. The van der Waals surface area contributed by atoms with E-state index in [1.807, 2.05) is 12.1 Å². The minimum absolute atomic E-state index is 0.367. The molecule has 0 aromatic heterocycles. The van der Waals surface area contributed by atoms with Gasteiger partial charge < -0.3 is 9.80 Å². The van der Waals surface area contributed by atoms with E-state index < -0.39 is 9.84 Å². The van der Waals surface area contributed by atoms with Crippen LogP contribution in [0.4, 0.5) is 0 Å². The smallest absolute Gasteiger partial charge is 0.180 e. The monoisotopic (exact) mass is 392 g/mol. The summed E-state index contributed by atoms with van der Waals surface area (Å²) in [6.07, 6.45) is 4.95. The van der Waals surface area contributed by atoms with Gasteiger partial charge in [0, 0.05) is 6.54 Å². The molecular weight excluding hydrogens is 356 g/mol. The van der Waals surface area contributed by atoms with Gasteiger partial charge in [0.25, 0.3) is 0 Å². The molecule has 5 heteroatoms. The van der Waals surface area contributed by atoms with E-state index in [2.05, 4.69) is 22.8 Å². The minimum atomic E-state index is -3.19. The molecule has 2 saturated heterocycles.